The number of rotatable bonds is 3. The number of phenols is 1. The first-order valence-electron chi connectivity index (χ1n) is 3.35. The molecule has 0 unspecified atom stereocenters. The molecule has 0 radical (unpaired) electrons. The van der Waals surface area contributed by atoms with Crippen LogP contribution in [0.2, 0.25) is 0 Å². The van der Waals surface area contributed by atoms with Crippen LogP contribution >= 0.6 is 11.8 Å². The molecule has 0 atom stereocenters. The Labute approximate surface area is 69.9 Å². The molecule has 0 aromatic heterocycles. The van der Waals surface area contributed by atoms with Gasteiger partial charge in [-0.2, -0.15) is 0 Å². The van der Waals surface area contributed by atoms with Gasteiger partial charge < -0.3 is 10.2 Å². The summed E-state index contributed by atoms with van der Waals surface area (Å²) >= 11 is 1.52. The summed E-state index contributed by atoms with van der Waals surface area (Å²) in [4.78, 5) is 0.985. The van der Waals surface area contributed by atoms with Gasteiger partial charge >= 0.3 is 0 Å². The maximum Gasteiger partial charge on any atom is 0.116 e. The molecular weight excluding hydrogens is 160 g/mol. The molecule has 0 aliphatic carbocycles. The van der Waals surface area contributed by atoms with Gasteiger partial charge in [0.15, 0.2) is 0 Å². The van der Waals surface area contributed by atoms with Crippen molar-refractivity contribution in [3.63, 3.8) is 0 Å². The summed E-state index contributed by atoms with van der Waals surface area (Å²) in [5, 5.41) is 17.6. The van der Waals surface area contributed by atoms with Crippen LogP contribution in [0.3, 0.4) is 0 Å². The molecule has 1 aromatic rings. The average Bonchev–Trinajstić information content (AvgIpc) is 2.01. The largest absolute Gasteiger partial charge is 0.508 e. The van der Waals surface area contributed by atoms with E-state index in [4.69, 9.17) is 10.2 Å². The third-order valence-electron chi connectivity index (χ3n) is 1.18. The first kappa shape index (κ1) is 8.43. The Kier molecular flexibility index (Phi) is 3.26. The van der Waals surface area contributed by atoms with Gasteiger partial charge in [-0.25, -0.2) is 0 Å². The van der Waals surface area contributed by atoms with Crippen molar-refractivity contribution in [1.82, 2.24) is 0 Å². The quantitative estimate of drug-likeness (QED) is 0.675. The van der Waals surface area contributed by atoms with E-state index < -0.39 is 0 Å². The van der Waals surface area contributed by atoms with E-state index in [-0.39, 0.29) is 12.4 Å². The molecule has 0 fully saturated rings. The molecule has 60 valence electrons. The normalized spacial score (nSPS) is 9.91. The van der Waals surface area contributed by atoms with Gasteiger partial charge in [0.05, 0.1) is 6.61 Å². The number of aromatic hydroxyl groups is 1. The molecule has 1 aromatic carbocycles. The van der Waals surface area contributed by atoms with Gasteiger partial charge in [-0.3, -0.25) is 0 Å². The van der Waals surface area contributed by atoms with Gasteiger partial charge in [0.25, 0.3) is 0 Å². The van der Waals surface area contributed by atoms with E-state index in [0.29, 0.717) is 5.75 Å². The van der Waals surface area contributed by atoms with E-state index >= 15 is 0 Å². The molecule has 0 bridgehead atoms. The van der Waals surface area contributed by atoms with Crippen molar-refractivity contribution in [2.75, 3.05) is 12.4 Å². The van der Waals surface area contributed by atoms with Gasteiger partial charge in [0, 0.05) is 10.6 Å². The Hall–Kier alpha value is -0.670. The molecule has 2 nitrogen and oxygen atoms in total. The summed E-state index contributed by atoms with van der Waals surface area (Å²) in [6.07, 6.45) is 0. The van der Waals surface area contributed by atoms with Crippen LogP contribution in [0.5, 0.6) is 5.75 Å². The fraction of sp³-hybridized carbons (Fsp3) is 0.250. The van der Waals surface area contributed by atoms with Crippen molar-refractivity contribution in [1.29, 1.82) is 0 Å². The van der Waals surface area contributed by atoms with Crippen LogP contribution in [0.4, 0.5) is 0 Å². The van der Waals surface area contributed by atoms with Gasteiger partial charge in [0.2, 0.25) is 0 Å². The second kappa shape index (κ2) is 4.26. The minimum Gasteiger partial charge on any atom is -0.508 e. The fourth-order valence-corrected chi connectivity index (χ4v) is 1.44. The third kappa shape index (κ3) is 2.82. The number of thioether (sulfide) groups is 1. The van der Waals surface area contributed by atoms with Crippen LogP contribution in [0.1, 0.15) is 0 Å². The van der Waals surface area contributed by atoms with Crippen molar-refractivity contribution >= 4 is 11.8 Å². The molecule has 0 aliphatic heterocycles. The predicted octanol–water partition coefficient (Wildman–Crippen LogP) is 1.48. The fourth-order valence-electron chi connectivity index (χ4n) is 0.737. The summed E-state index contributed by atoms with van der Waals surface area (Å²) in [5.41, 5.74) is 0. The number of aliphatic hydroxyl groups is 1. The Morgan fingerprint density at radius 1 is 1.36 bits per heavy atom. The van der Waals surface area contributed by atoms with Crippen molar-refractivity contribution in [2.24, 2.45) is 0 Å². The minimum absolute atomic E-state index is 0.167. The van der Waals surface area contributed by atoms with Crippen molar-refractivity contribution in [2.45, 2.75) is 4.90 Å². The molecule has 0 aliphatic rings. The SMILES string of the molecule is OCCSc1cccc(O)c1. The van der Waals surface area contributed by atoms with Crippen molar-refractivity contribution in [3.8, 4) is 5.75 Å². The molecule has 2 N–H and O–H groups in total. The molecule has 0 amide bonds. The first-order valence-corrected chi connectivity index (χ1v) is 4.34. The molecule has 0 spiro atoms. The summed E-state index contributed by atoms with van der Waals surface area (Å²) in [7, 11) is 0. The van der Waals surface area contributed by atoms with Crippen molar-refractivity contribution < 1.29 is 10.2 Å². The number of aliphatic hydroxyl groups excluding tert-OH is 1. The Morgan fingerprint density at radius 3 is 2.82 bits per heavy atom. The summed E-state index contributed by atoms with van der Waals surface area (Å²) in [5.74, 6) is 0.941. The van der Waals surface area contributed by atoms with E-state index in [1.807, 2.05) is 6.07 Å². The predicted molar refractivity (Wildman–Crippen MR) is 45.9 cm³/mol. The third-order valence-corrected chi connectivity index (χ3v) is 2.15. The highest BCUT2D eigenvalue weighted by atomic mass is 32.2. The van der Waals surface area contributed by atoms with E-state index in [0.717, 1.165) is 4.90 Å². The van der Waals surface area contributed by atoms with Crippen LogP contribution in [-0.4, -0.2) is 22.6 Å². The molecular formula is C8H10O2S. The Balaban J connectivity index is 2.56. The van der Waals surface area contributed by atoms with E-state index in [9.17, 15) is 0 Å². The average molecular weight is 170 g/mol. The van der Waals surface area contributed by atoms with E-state index in [1.54, 1.807) is 18.2 Å². The van der Waals surface area contributed by atoms with Gasteiger partial charge in [-0.1, -0.05) is 6.07 Å². The van der Waals surface area contributed by atoms with Crippen LogP contribution in [0.25, 0.3) is 0 Å². The standard InChI is InChI=1S/C8H10O2S/c9-4-5-11-8-3-1-2-7(10)6-8/h1-3,6,9-10H,4-5H2. The minimum atomic E-state index is 0.167. The highest BCUT2D eigenvalue weighted by molar-refractivity contribution is 7.99. The van der Waals surface area contributed by atoms with Crippen LogP contribution in [0.15, 0.2) is 29.2 Å². The summed E-state index contributed by atoms with van der Waals surface area (Å²) < 4.78 is 0. The molecule has 11 heavy (non-hydrogen) atoms. The molecule has 1 rings (SSSR count). The first-order chi connectivity index (χ1) is 5.33. The number of hydrogen-bond acceptors (Lipinski definition) is 3. The van der Waals surface area contributed by atoms with Crippen LogP contribution in [0, 0.1) is 0 Å². The number of benzene rings is 1. The second-order valence-corrected chi connectivity index (χ2v) is 3.24. The van der Waals surface area contributed by atoms with Gasteiger partial charge in [0.1, 0.15) is 5.75 Å². The lowest BCUT2D eigenvalue weighted by atomic mass is 10.3. The zero-order chi connectivity index (χ0) is 8.10. The lowest BCUT2D eigenvalue weighted by Crippen LogP contribution is -1.84. The monoisotopic (exact) mass is 170 g/mol. The Bertz CT molecular complexity index is 225. The topological polar surface area (TPSA) is 40.5 Å². The van der Waals surface area contributed by atoms with Crippen molar-refractivity contribution in [3.05, 3.63) is 24.3 Å². The van der Waals surface area contributed by atoms with Gasteiger partial charge in [-0.15, -0.1) is 11.8 Å². The molecule has 0 saturated heterocycles. The summed E-state index contributed by atoms with van der Waals surface area (Å²) in [6, 6.07) is 7.00. The molecule has 0 saturated carbocycles. The Morgan fingerprint density at radius 2 is 2.18 bits per heavy atom. The summed E-state index contributed by atoms with van der Waals surface area (Å²) in [6.45, 7) is 0.167. The maximum atomic E-state index is 9.04. The number of phenolic OH excluding ortho intramolecular Hbond substituents is 1. The number of hydrogen-bond donors (Lipinski definition) is 2. The zero-order valence-electron chi connectivity index (χ0n) is 6.03. The lowest BCUT2D eigenvalue weighted by molar-refractivity contribution is 0.322. The molecule has 0 heterocycles. The highest BCUT2D eigenvalue weighted by Crippen LogP contribution is 2.21. The van der Waals surface area contributed by atoms with Crippen LogP contribution < -0.4 is 0 Å². The second-order valence-electron chi connectivity index (χ2n) is 2.07. The van der Waals surface area contributed by atoms with E-state index in [1.165, 1.54) is 11.8 Å². The zero-order valence-corrected chi connectivity index (χ0v) is 6.84. The maximum absolute atomic E-state index is 9.04. The lowest BCUT2D eigenvalue weighted by Gasteiger charge is -1.98. The van der Waals surface area contributed by atoms with E-state index in [2.05, 4.69) is 0 Å². The van der Waals surface area contributed by atoms with Gasteiger partial charge in [-0.05, 0) is 18.2 Å². The smallest absolute Gasteiger partial charge is 0.116 e. The highest BCUT2D eigenvalue weighted by Gasteiger charge is 1.93. The van der Waals surface area contributed by atoms with Crippen LogP contribution in [-0.2, 0) is 0 Å². The molecule has 3 heteroatoms.